The van der Waals surface area contributed by atoms with E-state index >= 15 is 0 Å². The number of nitrogens with two attached hydrogens (primary N) is 1. The molecule has 0 aliphatic carbocycles. The molecule has 0 aliphatic heterocycles. The Balaban J connectivity index is 0.00000200. The maximum Gasteiger partial charge on any atom is 0.228 e. The first-order valence-electron chi connectivity index (χ1n) is 6.75. The van der Waals surface area contributed by atoms with Crippen LogP contribution in [0.2, 0.25) is 0 Å². The Bertz CT molecular complexity index is 583. The number of hydrogen-bond donors (Lipinski definition) is 2. The lowest BCUT2D eigenvalue weighted by Crippen LogP contribution is -2.26. The molecule has 0 radical (unpaired) electrons. The SMILES string of the molecule is CCCn1ccc2cc(NC(=O)C(C)CN)ccc21.Cl.Cl. The summed E-state index contributed by atoms with van der Waals surface area (Å²) in [7, 11) is 0. The number of hydrogen-bond acceptors (Lipinski definition) is 2. The molecule has 1 amide bonds. The summed E-state index contributed by atoms with van der Waals surface area (Å²) in [5, 5.41) is 4.04. The molecule has 4 nitrogen and oxygen atoms in total. The summed E-state index contributed by atoms with van der Waals surface area (Å²) in [4.78, 5) is 11.8. The fraction of sp³-hybridized carbons (Fsp3) is 0.400. The molecule has 1 aromatic carbocycles. The zero-order chi connectivity index (χ0) is 13.8. The minimum Gasteiger partial charge on any atom is -0.347 e. The summed E-state index contributed by atoms with van der Waals surface area (Å²) in [5.74, 6) is -0.199. The van der Waals surface area contributed by atoms with Crippen molar-refractivity contribution in [1.82, 2.24) is 4.57 Å². The van der Waals surface area contributed by atoms with E-state index in [0.29, 0.717) is 6.54 Å². The van der Waals surface area contributed by atoms with E-state index in [-0.39, 0.29) is 36.6 Å². The van der Waals surface area contributed by atoms with Gasteiger partial charge >= 0.3 is 0 Å². The number of carbonyl (C=O) groups is 1. The number of carbonyl (C=O) groups excluding carboxylic acids is 1. The molecule has 0 saturated carbocycles. The third-order valence-corrected chi connectivity index (χ3v) is 3.30. The van der Waals surface area contributed by atoms with Gasteiger partial charge < -0.3 is 15.6 Å². The third kappa shape index (κ3) is 4.63. The summed E-state index contributed by atoms with van der Waals surface area (Å²) in [6, 6.07) is 8.07. The second-order valence-electron chi connectivity index (χ2n) is 4.91. The van der Waals surface area contributed by atoms with Gasteiger partial charge in [-0.25, -0.2) is 0 Å². The van der Waals surface area contributed by atoms with E-state index in [2.05, 4.69) is 29.1 Å². The topological polar surface area (TPSA) is 60.0 Å². The number of halogens is 2. The molecule has 118 valence electrons. The summed E-state index contributed by atoms with van der Waals surface area (Å²) in [6.45, 7) is 5.36. The van der Waals surface area contributed by atoms with Crippen LogP contribution in [0.25, 0.3) is 10.9 Å². The zero-order valence-corrected chi connectivity index (χ0v) is 14.0. The Kier molecular flexibility index (Phi) is 8.40. The standard InChI is InChI=1S/C15H21N3O.2ClH/c1-3-7-18-8-6-12-9-13(4-5-14(12)18)17-15(19)11(2)10-16;;/h4-6,8-9,11H,3,7,10,16H2,1-2H3,(H,17,19);2*1H. The molecule has 0 bridgehead atoms. The highest BCUT2D eigenvalue weighted by molar-refractivity contribution is 5.95. The molecule has 1 unspecified atom stereocenters. The maximum atomic E-state index is 11.8. The van der Waals surface area contributed by atoms with Crippen molar-refractivity contribution in [3.05, 3.63) is 30.5 Å². The fourth-order valence-corrected chi connectivity index (χ4v) is 2.09. The van der Waals surface area contributed by atoms with Gasteiger partial charge in [0.2, 0.25) is 5.91 Å². The predicted molar refractivity (Wildman–Crippen MR) is 93.6 cm³/mol. The van der Waals surface area contributed by atoms with Gasteiger partial charge in [-0.3, -0.25) is 4.79 Å². The molecule has 6 heteroatoms. The van der Waals surface area contributed by atoms with E-state index in [1.807, 2.05) is 25.1 Å². The van der Waals surface area contributed by atoms with Crippen molar-refractivity contribution in [2.24, 2.45) is 11.7 Å². The summed E-state index contributed by atoms with van der Waals surface area (Å²) >= 11 is 0. The predicted octanol–water partition coefficient (Wildman–Crippen LogP) is 3.43. The van der Waals surface area contributed by atoms with Crippen LogP contribution in [-0.2, 0) is 11.3 Å². The van der Waals surface area contributed by atoms with Crippen LogP contribution in [-0.4, -0.2) is 17.0 Å². The number of nitrogens with zero attached hydrogens (tertiary/aromatic N) is 1. The second kappa shape index (κ2) is 8.93. The largest absolute Gasteiger partial charge is 0.347 e. The van der Waals surface area contributed by atoms with Crippen molar-refractivity contribution < 1.29 is 4.79 Å². The normalized spacial score (nSPS) is 11.4. The van der Waals surface area contributed by atoms with Crippen molar-refractivity contribution >= 4 is 47.3 Å². The second-order valence-corrected chi connectivity index (χ2v) is 4.91. The van der Waals surface area contributed by atoms with Crippen LogP contribution < -0.4 is 11.1 Å². The first-order valence-corrected chi connectivity index (χ1v) is 6.75. The number of fused-ring (bicyclic) bond motifs is 1. The van der Waals surface area contributed by atoms with Gasteiger partial charge in [0.1, 0.15) is 0 Å². The number of rotatable bonds is 5. The molecule has 21 heavy (non-hydrogen) atoms. The van der Waals surface area contributed by atoms with Gasteiger partial charge in [-0.1, -0.05) is 13.8 Å². The molecule has 1 heterocycles. The lowest BCUT2D eigenvalue weighted by atomic mass is 10.1. The number of nitrogens with one attached hydrogen (secondary N) is 1. The smallest absolute Gasteiger partial charge is 0.228 e. The van der Waals surface area contributed by atoms with Crippen molar-refractivity contribution in [2.75, 3.05) is 11.9 Å². The van der Waals surface area contributed by atoms with E-state index in [9.17, 15) is 4.79 Å². The number of benzene rings is 1. The number of anilines is 1. The first kappa shape index (κ1) is 19.8. The highest BCUT2D eigenvalue weighted by atomic mass is 35.5. The van der Waals surface area contributed by atoms with Crippen molar-refractivity contribution in [1.29, 1.82) is 0 Å². The molecule has 0 spiro atoms. The summed E-state index contributed by atoms with van der Waals surface area (Å²) in [6.07, 6.45) is 3.19. The van der Waals surface area contributed by atoms with Crippen molar-refractivity contribution in [3.8, 4) is 0 Å². The van der Waals surface area contributed by atoms with E-state index in [1.54, 1.807) is 0 Å². The quantitative estimate of drug-likeness (QED) is 0.881. The highest BCUT2D eigenvalue weighted by Gasteiger charge is 2.11. The molecule has 0 fully saturated rings. The van der Waals surface area contributed by atoms with Gasteiger partial charge in [0.25, 0.3) is 0 Å². The molecular formula is C15H23Cl2N3O. The van der Waals surface area contributed by atoms with Crippen LogP contribution >= 0.6 is 24.8 Å². The van der Waals surface area contributed by atoms with Gasteiger partial charge in [0, 0.05) is 41.8 Å². The van der Waals surface area contributed by atoms with Gasteiger partial charge in [-0.15, -0.1) is 24.8 Å². The van der Waals surface area contributed by atoms with Crippen molar-refractivity contribution in [2.45, 2.75) is 26.8 Å². The van der Waals surface area contributed by atoms with Gasteiger partial charge in [0.15, 0.2) is 0 Å². The van der Waals surface area contributed by atoms with Gasteiger partial charge in [0.05, 0.1) is 0 Å². The summed E-state index contributed by atoms with van der Waals surface area (Å²) in [5.41, 5.74) is 7.52. The Morgan fingerprint density at radius 1 is 1.33 bits per heavy atom. The molecule has 1 atom stereocenters. The monoisotopic (exact) mass is 331 g/mol. The molecule has 2 aromatic rings. The lowest BCUT2D eigenvalue weighted by molar-refractivity contribution is -0.119. The number of amides is 1. The zero-order valence-electron chi connectivity index (χ0n) is 12.3. The van der Waals surface area contributed by atoms with E-state index < -0.39 is 0 Å². The van der Waals surface area contributed by atoms with Crippen molar-refractivity contribution in [3.63, 3.8) is 0 Å². The molecular weight excluding hydrogens is 309 g/mol. The van der Waals surface area contributed by atoms with E-state index in [1.165, 1.54) is 5.52 Å². The van der Waals surface area contributed by atoms with Crippen LogP contribution in [0.15, 0.2) is 30.5 Å². The fourth-order valence-electron chi connectivity index (χ4n) is 2.09. The van der Waals surface area contributed by atoms with E-state index in [0.717, 1.165) is 24.0 Å². The van der Waals surface area contributed by atoms with Gasteiger partial charge in [-0.2, -0.15) is 0 Å². The molecule has 3 N–H and O–H groups in total. The minimum atomic E-state index is -0.166. The average Bonchev–Trinajstić information content (AvgIpc) is 2.81. The lowest BCUT2D eigenvalue weighted by Gasteiger charge is -2.10. The Morgan fingerprint density at radius 2 is 2.05 bits per heavy atom. The average molecular weight is 332 g/mol. The maximum absolute atomic E-state index is 11.8. The van der Waals surface area contributed by atoms with Crippen LogP contribution in [0.5, 0.6) is 0 Å². The van der Waals surface area contributed by atoms with Crippen LogP contribution in [0.4, 0.5) is 5.69 Å². The first-order chi connectivity index (χ1) is 9.15. The van der Waals surface area contributed by atoms with Crippen LogP contribution in [0.1, 0.15) is 20.3 Å². The Labute approximate surface area is 137 Å². The summed E-state index contributed by atoms with van der Waals surface area (Å²) < 4.78 is 2.23. The van der Waals surface area contributed by atoms with E-state index in [4.69, 9.17) is 5.73 Å². The molecule has 0 saturated heterocycles. The number of aryl methyl sites for hydroxylation is 1. The Hall–Kier alpha value is -1.23. The third-order valence-electron chi connectivity index (χ3n) is 3.30. The van der Waals surface area contributed by atoms with Gasteiger partial charge in [-0.05, 0) is 30.7 Å². The molecule has 0 aliphatic rings. The van der Waals surface area contributed by atoms with Crippen LogP contribution in [0.3, 0.4) is 0 Å². The number of aromatic nitrogens is 1. The minimum absolute atomic E-state index is 0. The molecule has 2 rings (SSSR count). The molecule has 1 aromatic heterocycles. The van der Waals surface area contributed by atoms with Crippen LogP contribution in [0, 0.1) is 5.92 Å². The Morgan fingerprint density at radius 3 is 2.67 bits per heavy atom. The highest BCUT2D eigenvalue weighted by Crippen LogP contribution is 2.21.